The van der Waals surface area contributed by atoms with E-state index < -0.39 is 0 Å². The molecule has 2 N–H and O–H groups in total. The van der Waals surface area contributed by atoms with Crippen LogP contribution in [0.3, 0.4) is 0 Å². The van der Waals surface area contributed by atoms with Crippen molar-refractivity contribution in [2.45, 2.75) is 6.54 Å². The molecule has 0 unspecified atom stereocenters. The van der Waals surface area contributed by atoms with E-state index in [2.05, 4.69) is 59.5 Å². The molecule has 2 aromatic heterocycles. The first-order chi connectivity index (χ1) is 17.6. The van der Waals surface area contributed by atoms with Crippen LogP contribution in [0.4, 0.5) is 5.82 Å². The minimum absolute atomic E-state index is 0.680. The van der Waals surface area contributed by atoms with Gasteiger partial charge in [0, 0.05) is 96.0 Å². The molecular weight excluding hydrogens is 452 g/mol. The number of hydrogen-bond donors (Lipinski definition) is 2. The number of ether oxygens (including phenoxy) is 1. The lowest BCUT2D eigenvalue weighted by atomic mass is 10.1. The highest BCUT2D eigenvalue weighted by atomic mass is 16.5. The number of allylic oxidation sites excluding steroid dienone is 1. The van der Waals surface area contributed by atoms with Gasteiger partial charge in [-0.15, -0.1) is 0 Å². The van der Waals surface area contributed by atoms with Crippen molar-refractivity contribution >= 4 is 5.82 Å². The number of rotatable bonds is 4. The third-order valence-electron chi connectivity index (χ3n) is 6.50. The third-order valence-corrected chi connectivity index (χ3v) is 6.50. The molecule has 0 saturated carbocycles. The molecule has 5 aliphatic heterocycles. The van der Waals surface area contributed by atoms with E-state index in [1.54, 1.807) is 13.3 Å². The normalized spacial score (nSPS) is 23.7. The molecule has 1 saturated heterocycles. The first-order valence-corrected chi connectivity index (χ1v) is 12.6. The molecular formula is C27H38N8O. The van der Waals surface area contributed by atoms with Crippen molar-refractivity contribution in [2.24, 2.45) is 0 Å². The van der Waals surface area contributed by atoms with Crippen molar-refractivity contribution < 1.29 is 4.74 Å². The molecule has 0 aromatic carbocycles. The zero-order valence-electron chi connectivity index (χ0n) is 21.3. The van der Waals surface area contributed by atoms with Crippen LogP contribution in [-0.2, 0) is 11.3 Å². The smallest absolute Gasteiger partial charge is 0.142 e. The summed E-state index contributed by atoms with van der Waals surface area (Å²) in [4.78, 5) is 21.0. The summed E-state index contributed by atoms with van der Waals surface area (Å²) in [5.41, 5.74) is 3.86. The van der Waals surface area contributed by atoms with Crippen LogP contribution in [0.1, 0.15) is 5.82 Å². The number of piperazine rings is 1. The highest BCUT2D eigenvalue weighted by molar-refractivity contribution is 5.65. The van der Waals surface area contributed by atoms with Gasteiger partial charge in [-0.1, -0.05) is 19.2 Å². The second-order valence-electron chi connectivity index (χ2n) is 9.21. The summed E-state index contributed by atoms with van der Waals surface area (Å²) in [5.74, 6) is 1.53. The number of aromatic nitrogens is 3. The third kappa shape index (κ3) is 7.78. The molecule has 0 amide bonds. The van der Waals surface area contributed by atoms with E-state index in [0.29, 0.717) is 13.2 Å². The number of anilines is 1. The zero-order valence-corrected chi connectivity index (χ0v) is 21.3. The topological polar surface area (TPSA) is 81.7 Å². The summed E-state index contributed by atoms with van der Waals surface area (Å²) in [6.45, 7) is 18.1. The Morgan fingerprint density at radius 3 is 2.56 bits per heavy atom. The Balaban J connectivity index is 1.54. The molecule has 0 spiro atoms. The Kier molecular flexibility index (Phi) is 9.71. The number of pyridine rings is 1. The van der Waals surface area contributed by atoms with Gasteiger partial charge in [-0.05, 0) is 29.3 Å². The maximum Gasteiger partial charge on any atom is 0.142 e. The number of hydrogen-bond acceptors (Lipinski definition) is 9. The standard InChI is InChI=1S/C27H38N8O/c1-4-23-15-22(2)32-26-16-24(5-6-29-26)25-17-30-27(31-18-25)20-33(13-14-36-3)8-7-28-21-35-11-9-34(19-23)10-12-35/h4-6,15-18,28H,1-2,7-14,19-21H2,3H3,(H,29,32)/b23-15+. The minimum Gasteiger partial charge on any atom is -0.383 e. The lowest BCUT2D eigenvalue weighted by Gasteiger charge is -2.35. The van der Waals surface area contributed by atoms with Crippen molar-refractivity contribution in [3.05, 3.63) is 73.1 Å². The van der Waals surface area contributed by atoms with E-state index in [1.807, 2.05) is 30.6 Å². The zero-order chi connectivity index (χ0) is 25.2. The summed E-state index contributed by atoms with van der Waals surface area (Å²) >= 11 is 0. The molecule has 2 aromatic rings. The van der Waals surface area contributed by atoms with Crippen LogP contribution in [0.5, 0.6) is 0 Å². The average Bonchev–Trinajstić information content (AvgIpc) is 2.90. The average molecular weight is 491 g/mol. The van der Waals surface area contributed by atoms with Crippen LogP contribution in [0.25, 0.3) is 11.1 Å². The fourth-order valence-corrected chi connectivity index (χ4v) is 4.39. The second kappa shape index (κ2) is 13.4. The van der Waals surface area contributed by atoms with Crippen LogP contribution in [0.15, 0.2) is 67.3 Å². The molecule has 9 nitrogen and oxygen atoms in total. The first-order valence-electron chi connectivity index (χ1n) is 12.6. The molecule has 5 aliphatic rings. The Labute approximate surface area is 214 Å². The van der Waals surface area contributed by atoms with E-state index in [1.165, 1.54) is 0 Å². The number of nitrogens with zero attached hydrogens (tertiary/aromatic N) is 6. The first kappa shape index (κ1) is 26.1. The van der Waals surface area contributed by atoms with Crippen LogP contribution in [-0.4, -0.2) is 102 Å². The highest BCUT2D eigenvalue weighted by Crippen LogP contribution is 2.21. The van der Waals surface area contributed by atoms with Gasteiger partial charge in [-0.25, -0.2) is 15.0 Å². The van der Waals surface area contributed by atoms with E-state index in [4.69, 9.17) is 4.74 Å². The molecule has 0 atom stereocenters. The Bertz CT molecular complexity index is 1030. The van der Waals surface area contributed by atoms with Gasteiger partial charge in [-0.3, -0.25) is 14.7 Å². The van der Waals surface area contributed by atoms with Gasteiger partial charge in [-0.2, -0.15) is 0 Å². The molecule has 36 heavy (non-hydrogen) atoms. The van der Waals surface area contributed by atoms with E-state index in [9.17, 15) is 0 Å². The molecule has 0 radical (unpaired) electrons. The Morgan fingerprint density at radius 2 is 1.81 bits per heavy atom. The molecule has 7 rings (SSSR count). The SMILES string of the molecule is C=C/C1=C\C(=C)Nc2cc(ccn2)-c2cnc(nc2)CN(CCOC)CCNCN2CCN(CC2)C1. The second-order valence-corrected chi connectivity index (χ2v) is 9.21. The molecule has 192 valence electrons. The summed E-state index contributed by atoms with van der Waals surface area (Å²) < 4.78 is 5.32. The van der Waals surface area contributed by atoms with Crippen LogP contribution in [0.2, 0.25) is 0 Å². The van der Waals surface area contributed by atoms with E-state index in [-0.39, 0.29) is 0 Å². The molecule has 7 heterocycles. The quantitative estimate of drug-likeness (QED) is 0.670. The van der Waals surface area contributed by atoms with Crippen molar-refractivity contribution in [1.82, 2.24) is 35.0 Å². The Hall–Kier alpha value is -2.95. The lowest BCUT2D eigenvalue weighted by Crippen LogP contribution is -2.50. The van der Waals surface area contributed by atoms with Gasteiger partial charge < -0.3 is 15.4 Å². The van der Waals surface area contributed by atoms with Crippen molar-refractivity contribution in [1.29, 1.82) is 0 Å². The number of methoxy groups -OCH3 is 1. The summed E-state index contributed by atoms with van der Waals surface area (Å²) in [5, 5.41) is 6.93. The van der Waals surface area contributed by atoms with Crippen LogP contribution in [0, 0.1) is 0 Å². The fourth-order valence-electron chi connectivity index (χ4n) is 4.39. The van der Waals surface area contributed by atoms with Crippen molar-refractivity contribution in [2.75, 3.05) is 78.1 Å². The maximum atomic E-state index is 5.32. The minimum atomic E-state index is 0.680. The van der Waals surface area contributed by atoms with Gasteiger partial charge in [0.1, 0.15) is 11.6 Å². The van der Waals surface area contributed by atoms with Crippen molar-refractivity contribution in [3.8, 4) is 11.1 Å². The molecule has 0 aliphatic carbocycles. The van der Waals surface area contributed by atoms with E-state index >= 15 is 0 Å². The van der Waals surface area contributed by atoms with Crippen LogP contribution >= 0.6 is 0 Å². The van der Waals surface area contributed by atoms with Gasteiger partial charge >= 0.3 is 0 Å². The van der Waals surface area contributed by atoms with Gasteiger partial charge in [0.2, 0.25) is 0 Å². The largest absolute Gasteiger partial charge is 0.383 e. The van der Waals surface area contributed by atoms with Gasteiger partial charge in [0.25, 0.3) is 0 Å². The van der Waals surface area contributed by atoms with Crippen molar-refractivity contribution in [3.63, 3.8) is 0 Å². The highest BCUT2D eigenvalue weighted by Gasteiger charge is 2.17. The van der Waals surface area contributed by atoms with Gasteiger partial charge in [0.15, 0.2) is 0 Å². The molecule has 9 heteroatoms. The summed E-state index contributed by atoms with van der Waals surface area (Å²) in [7, 11) is 1.74. The summed E-state index contributed by atoms with van der Waals surface area (Å²) in [6, 6.07) is 3.96. The fraction of sp³-hybridized carbons (Fsp3) is 0.444. The Morgan fingerprint density at radius 1 is 1.03 bits per heavy atom. The predicted octanol–water partition coefficient (Wildman–Crippen LogP) is 2.20. The maximum absolute atomic E-state index is 5.32. The van der Waals surface area contributed by atoms with E-state index in [0.717, 1.165) is 93.1 Å². The molecule has 1 fully saturated rings. The summed E-state index contributed by atoms with van der Waals surface area (Å²) in [6.07, 6.45) is 9.51. The molecule has 6 bridgehead atoms. The predicted molar refractivity (Wildman–Crippen MR) is 144 cm³/mol. The monoisotopic (exact) mass is 490 g/mol. The van der Waals surface area contributed by atoms with Gasteiger partial charge in [0.05, 0.1) is 13.2 Å². The number of nitrogens with one attached hydrogen (secondary N) is 2. The lowest BCUT2D eigenvalue weighted by molar-refractivity contribution is 0.125. The van der Waals surface area contributed by atoms with Crippen LogP contribution < -0.4 is 10.6 Å².